The SMILES string of the molecule is C/C=C(\C(=O)O[C@@H]1Cc2c(c(-c3cccc(O)c3)c3oc(CO)cc(=O)c3c2O)O[C@@]1(C)[C@H](CO)CC1=CNC(N)C=C1)C1CCCC1. The van der Waals surface area contributed by atoms with Crippen molar-refractivity contribution in [3.63, 3.8) is 0 Å². The molecule has 0 amide bonds. The number of carbonyl (C=O) groups excluding carboxylic acids is 1. The predicted octanol–water partition coefficient (Wildman–Crippen LogP) is 4.43. The second kappa shape index (κ2) is 13.5. The Morgan fingerprint density at radius 1 is 1.21 bits per heavy atom. The Balaban J connectivity index is 1.55. The quantitative estimate of drug-likeness (QED) is 0.141. The maximum Gasteiger partial charge on any atom is 0.334 e. The molecule has 0 spiro atoms. The number of phenolic OH excluding ortho intramolecular Hbond substituents is 2. The van der Waals surface area contributed by atoms with Crippen LogP contribution in [0.25, 0.3) is 22.1 Å². The summed E-state index contributed by atoms with van der Waals surface area (Å²) in [6, 6.07) is 7.39. The summed E-state index contributed by atoms with van der Waals surface area (Å²) >= 11 is 0. The Labute approximate surface area is 278 Å². The molecule has 0 saturated heterocycles. The third kappa shape index (κ3) is 6.09. The second-order valence-corrected chi connectivity index (χ2v) is 13.0. The standard InChI is InChI=1S/C37H42N2O9/c1-3-26(21-7-4-5-8-21)36(45)47-29-16-27-33(44)32-28(43)15-25(19-41)46-35(32)31(22-9-6-10-24(42)14-22)34(27)48-37(29,2)23(18-40)13-20-11-12-30(38)39-17-20/h3,6,9-12,14-15,17,21,23,29-30,39-42,44H,4-5,7-8,13,16,18-19,38H2,1-2H3/b26-3-/t23-,29+,30?,37-/m0/s1. The van der Waals surface area contributed by atoms with Gasteiger partial charge in [-0.05, 0) is 68.4 Å². The number of allylic oxidation sites excluding steroid dienone is 3. The van der Waals surface area contributed by atoms with Crippen LogP contribution in [0.3, 0.4) is 0 Å². The molecule has 3 aliphatic rings. The van der Waals surface area contributed by atoms with E-state index < -0.39 is 41.4 Å². The van der Waals surface area contributed by atoms with Gasteiger partial charge >= 0.3 is 5.97 Å². The van der Waals surface area contributed by atoms with Crippen molar-refractivity contribution in [2.45, 2.75) is 76.9 Å². The van der Waals surface area contributed by atoms with E-state index in [1.807, 2.05) is 13.0 Å². The summed E-state index contributed by atoms with van der Waals surface area (Å²) in [4.78, 5) is 27.3. The lowest BCUT2D eigenvalue weighted by Crippen LogP contribution is -2.57. The van der Waals surface area contributed by atoms with Crippen molar-refractivity contribution in [2.24, 2.45) is 17.6 Å². The minimum Gasteiger partial charge on any atom is -0.508 e. The molecule has 1 fully saturated rings. The van der Waals surface area contributed by atoms with E-state index >= 15 is 0 Å². The number of fused-ring (bicyclic) bond motifs is 2. The van der Waals surface area contributed by atoms with Gasteiger partial charge in [-0.2, -0.15) is 0 Å². The molecule has 2 aliphatic heterocycles. The Bertz CT molecular complexity index is 1870. The molecule has 1 aromatic heterocycles. The summed E-state index contributed by atoms with van der Waals surface area (Å²) < 4.78 is 19.2. The fourth-order valence-corrected chi connectivity index (χ4v) is 7.29. The molecular weight excluding hydrogens is 616 g/mol. The predicted molar refractivity (Wildman–Crippen MR) is 179 cm³/mol. The lowest BCUT2D eigenvalue weighted by molar-refractivity contribution is -0.167. The molecule has 3 aromatic rings. The van der Waals surface area contributed by atoms with Gasteiger partial charge in [0.15, 0.2) is 11.0 Å². The van der Waals surface area contributed by atoms with E-state index in [4.69, 9.17) is 19.6 Å². The molecule has 0 bridgehead atoms. The first-order chi connectivity index (χ1) is 23.1. The van der Waals surface area contributed by atoms with Crippen LogP contribution < -0.4 is 21.2 Å². The normalized spacial score (nSPS) is 23.3. The molecular formula is C37H42N2O9. The molecule has 1 saturated carbocycles. The topological polar surface area (TPSA) is 185 Å². The maximum atomic E-state index is 13.9. The smallest absolute Gasteiger partial charge is 0.334 e. The lowest BCUT2D eigenvalue weighted by atomic mass is 9.75. The fourth-order valence-electron chi connectivity index (χ4n) is 7.29. The number of carbonyl (C=O) groups is 1. The molecule has 4 atom stereocenters. The largest absolute Gasteiger partial charge is 0.508 e. The van der Waals surface area contributed by atoms with Gasteiger partial charge in [0.1, 0.15) is 46.7 Å². The van der Waals surface area contributed by atoms with Crippen molar-refractivity contribution in [2.75, 3.05) is 6.61 Å². The number of nitrogens with one attached hydrogen (secondary N) is 1. The Morgan fingerprint density at radius 2 is 1.98 bits per heavy atom. The number of nitrogens with two attached hydrogens (primary N) is 1. The minimum absolute atomic E-state index is 0.0283. The van der Waals surface area contributed by atoms with Gasteiger partial charge in [-0.25, -0.2) is 4.79 Å². The van der Waals surface area contributed by atoms with E-state index in [9.17, 15) is 30.0 Å². The van der Waals surface area contributed by atoms with Crippen molar-refractivity contribution in [3.05, 3.63) is 87.5 Å². The molecule has 7 N–H and O–H groups in total. The summed E-state index contributed by atoms with van der Waals surface area (Å²) in [6.45, 7) is 2.66. The number of aliphatic hydroxyl groups excluding tert-OH is 2. The van der Waals surface area contributed by atoms with Crippen molar-refractivity contribution >= 4 is 16.9 Å². The number of ether oxygens (including phenoxy) is 2. The molecule has 48 heavy (non-hydrogen) atoms. The van der Waals surface area contributed by atoms with Gasteiger partial charge in [0.25, 0.3) is 0 Å². The molecule has 254 valence electrons. The van der Waals surface area contributed by atoms with Crippen LogP contribution in [0, 0.1) is 11.8 Å². The zero-order valence-corrected chi connectivity index (χ0v) is 27.1. The first-order valence-corrected chi connectivity index (χ1v) is 16.4. The van der Waals surface area contributed by atoms with Crippen molar-refractivity contribution in [1.29, 1.82) is 0 Å². The van der Waals surface area contributed by atoms with Crippen molar-refractivity contribution < 1.29 is 39.1 Å². The first kappa shape index (κ1) is 33.3. The number of benzene rings is 2. The molecule has 0 radical (unpaired) electrons. The molecule has 1 aliphatic carbocycles. The minimum atomic E-state index is -1.37. The van der Waals surface area contributed by atoms with Gasteiger partial charge in [0, 0.05) is 35.7 Å². The Morgan fingerprint density at radius 3 is 2.62 bits per heavy atom. The number of esters is 1. The Hall–Kier alpha value is -4.58. The van der Waals surface area contributed by atoms with E-state index in [0.717, 1.165) is 37.3 Å². The summed E-state index contributed by atoms with van der Waals surface area (Å²) in [6.07, 6.45) is 9.96. The molecule has 11 heteroatoms. The zero-order chi connectivity index (χ0) is 34.2. The summed E-state index contributed by atoms with van der Waals surface area (Å²) in [7, 11) is 0. The van der Waals surface area contributed by atoms with E-state index in [-0.39, 0.29) is 64.5 Å². The lowest BCUT2D eigenvalue weighted by Gasteiger charge is -2.47. The number of phenols is 2. The van der Waals surface area contributed by atoms with E-state index in [0.29, 0.717) is 17.6 Å². The average Bonchev–Trinajstić information content (AvgIpc) is 3.60. The van der Waals surface area contributed by atoms with Gasteiger partial charge in [-0.3, -0.25) is 4.79 Å². The van der Waals surface area contributed by atoms with Crippen LogP contribution >= 0.6 is 0 Å². The van der Waals surface area contributed by atoms with Gasteiger partial charge in [-0.1, -0.05) is 37.1 Å². The van der Waals surface area contributed by atoms with Crippen LogP contribution in [0.4, 0.5) is 0 Å². The van der Waals surface area contributed by atoms with Crippen LogP contribution in [-0.2, 0) is 22.6 Å². The van der Waals surface area contributed by atoms with Crippen LogP contribution in [-0.4, -0.2) is 50.9 Å². The number of rotatable bonds is 9. The zero-order valence-electron chi connectivity index (χ0n) is 27.1. The van der Waals surface area contributed by atoms with Crippen molar-refractivity contribution in [1.82, 2.24) is 5.32 Å². The molecule has 3 heterocycles. The molecule has 2 aromatic carbocycles. The fraction of sp³-hybridized carbons (Fsp3) is 0.405. The highest BCUT2D eigenvalue weighted by atomic mass is 16.6. The van der Waals surface area contributed by atoms with Crippen molar-refractivity contribution in [3.8, 4) is 28.4 Å². The van der Waals surface area contributed by atoms with Gasteiger partial charge < -0.3 is 45.4 Å². The number of aliphatic hydroxyl groups is 2. The highest BCUT2D eigenvalue weighted by Crippen LogP contribution is 2.52. The highest BCUT2D eigenvalue weighted by Gasteiger charge is 2.51. The van der Waals surface area contributed by atoms with Crippen LogP contribution in [0.2, 0.25) is 0 Å². The third-order valence-electron chi connectivity index (χ3n) is 9.97. The average molecular weight is 659 g/mol. The second-order valence-electron chi connectivity index (χ2n) is 13.0. The number of hydrogen-bond acceptors (Lipinski definition) is 11. The number of aromatic hydroxyl groups is 2. The molecule has 1 unspecified atom stereocenters. The van der Waals surface area contributed by atoms with Crippen LogP contribution in [0.15, 0.2) is 75.1 Å². The summed E-state index contributed by atoms with van der Waals surface area (Å²) in [5.41, 5.74) is 6.27. The molecule has 11 nitrogen and oxygen atoms in total. The number of hydrogen-bond donors (Lipinski definition) is 6. The molecule has 6 rings (SSSR count). The number of dihydropyridines is 1. The van der Waals surface area contributed by atoms with E-state index in [1.165, 1.54) is 12.1 Å². The van der Waals surface area contributed by atoms with Gasteiger partial charge in [-0.15, -0.1) is 0 Å². The summed E-state index contributed by atoms with van der Waals surface area (Å²) in [5.74, 6) is -1.40. The Kier molecular flexibility index (Phi) is 9.37. The highest BCUT2D eigenvalue weighted by molar-refractivity contribution is 6.01. The first-order valence-electron chi connectivity index (χ1n) is 16.4. The van der Waals surface area contributed by atoms with Crippen LogP contribution in [0.5, 0.6) is 17.2 Å². The maximum absolute atomic E-state index is 13.9. The van der Waals surface area contributed by atoms with E-state index in [2.05, 4.69) is 5.32 Å². The van der Waals surface area contributed by atoms with Gasteiger partial charge in [0.2, 0.25) is 0 Å². The van der Waals surface area contributed by atoms with E-state index in [1.54, 1.807) is 37.4 Å². The van der Waals surface area contributed by atoms with Crippen LogP contribution in [0.1, 0.15) is 57.3 Å². The van der Waals surface area contributed by atoms with Gasteiger partial charge in [0.05, 0.1) is 18.3 Å². The summed E-state index contributed by atoms with van der Waals surface area (Å²) in [5, 5.41) is 45.9. The third-order valence-corrected chi connectivity index (χ3v) is 9.97. The monoisotopic (exact) mass is 658 g/mol.